The van der Waals surface area contributed by atoms with Gasteiger partial charge in [-0.2, -0.15) is 0 Å². The van der Waals surface area contributed by atoms with Crippen LogP contribution in [0.4, 0.5) is 0 Å². The van der Waals surface area contributed by atoms with E-state index in [4.69, 9.17) is 26.8 Å². The van der Waals surface area contributed by atoms with Crippen LogP contribution >= 0.6 is 11.6 Å². The molecule has 0 amide bonds. The number of nitrogens with zero attached hydrogens (tertiary/aromatic N) is 1. The lowest BCUT2D eigenvalue weighted by Gasteiger charge is -2.32. The van der Waals surface area contributed by atoms with E-state index in [1.165, 1.54) is 18.4 Å². The van der Waals surface area contributed by atoms with Crippen LogP contribution < -0.4 is 10.5 Å². The summed E-state index contributed by atoms with van der Waals surface area (Å²) in [5.74, 6) is 1.76. The van der Waals surface area contributed by atoms with E-state index in [0.717, 1.165) is 54.9 Å². The first-order valence-electron chi connectivity index (χ1n) is 7.70. The third kappa shape index (κ3) is 3.69. The molecule has 0 radical (unpaired) electrons. The predicted octanol–water partition coefficient (Wildman–Crippen LogP) is 2.77. The van der Waals surface area contributed by atoms with Crippen LogP contribution in [0.25, 0.3) is 0 Å². The summed E-state index contributed by atoms with van der Waals surface area (Å²) in [5.41, 5.74) is 7.89. The van der Waals surface area contributed by atoms with Gasteiger partial charge in [0, 0.05) is 22.7 Å². The Balaban J connectivity index is 1.67. The minimum absolute atomic E-state index is 0.334. The number of nitrogens with two attached hydrogens (primary N) is 1. The van der Waals surface area contributed by atoms with Crippen LogP contribution in [0.5, 0.6) is 5.75 Å². The molecule has 2 N–H and O–H groups in total. The number of benzene rings is 1. The van der Waals surface area contributed by atoms with Crippen molar-refractivity contribution in [2.24, 2.45) is 11.7 Å². The highest BCUT2D eigenvalue weighted by Gasteiger charge is 2.22. The van der Waals surface area contributed by atoms with Crippen molar-refractivity contribution in [3.05, 3.63) is 28.3 Å². The van der Waals surface area contributed by atoms with Gasteiger partial charge in [-0.05, 0) is 56.9 Å². The molecule has 116 valence electrons. The van der Waals surface area contributed by atoms with Crippen molar-refractivity contribution >= 4 is 11.6 Å². The van der Waals surface area contributed by atoms with Crippen molar-refractivity contribution in [1.29, 1.82) is 0 Å². The summed E-state index contributed by atoms with van der Waals surface area (Å²) in [6.07, 6.45) is 3.63. The van der Waals surface area contributed by atoms with Gasteiger partial charge in [0.1, 0.15) is 5.75 Å². The maximum absolute atomic E-state index is 6.22. The number of hydrogen-bond acceptors (Lipinski definition) is 4. The zero-order valence-corrected chi connectivity index (χ0v) is 13.1. The SMILES string of the molecule is NCCC1CCN(Cc2cc(Cl)cc3c2OCOC3)CC1. The van der Waals surface area contributed by atoms with Gasteiger partial charge in [0.05, 0.1) is 6.61 Å². The van der Waals surface area contributed by atoms with Crippen LogP contribution in [0.1, 0.15) is 30.4 Å². The van der Waals surface area contributed by atoms with E-state index in [1.807, 2.05) is 12.1 Å². The predicted molar refractivity (Wildman–Crippen MR) is 83.4 cm³/mol. The second kappa shape index (κ2) is 6.97. The molecule has 0 unspecified atom stereocenters. The molecule has 21 heavy (non-hydrogen) atoms. The Bertz CT molecular complexity index is 487. The summed E-state index contributed by atoms with van der Waals surface area (Å²) in [6.45, 7) is 4.88. The van der Waals surface area contributed by atoms with Crippen molar-refractivity contribution in [3.63, 3.8) is 0 Å². The smallest absolute Gasteiger partial charge is 0.189 e. The number of likely N-dealkylation sites (tertiary alicyclic amines) is 1. The molecule has 2 heterocycles. The van der Waals surface area contributed by atoms with Crippen molar-refractivity contribution in [2.45, 2.75) is 32.4 Å². The summed E-state index contributed by atoms with van der Waals surface area (Å²) in [6, 6.07) is 3.96. The molecule has 1 saturated heterocycles. The van der Waals surface area contributed by atoms with Gasteiger partial charge in [0.15, 0.2) is 6.79 Å². The maximum Gasteiger partial charge on any atom is 0.189 e. The Hall–Kier alpha value is -0.810. The summed E-state index contributed by atoms with van der Waals surface area (Å²) < 4.78 is 11.0. The molecule has 2 aliphatic heterocycles. The number of fused-ring (bicyclic) bond motifs is 1. The lowest BCUT2D eigenvalue weighted by atomic mass is 9.93. The monoisotopic (exact) mass is 310 g/mol. The van der Waals surface area contributed by atoms with E-state index < -0.39 is 0 Å². The van der Waals surface area contributed by atoms with Gasteiger partial charge in [-0.25, -0.2) is 0 Å². The lowest BCUT2D eigenvalue weighted by Crippen LogP contribution is -2.34. The molecular formula is C16H23ClN2O2. The summed E-state index contributed by atoms with van der Waals surface area (Å²) in [5, 5.41) is 0.760. The molecule has 1 aromatic carbocycles. The van der Waals surface area contributed by atoms with Crippen LogP contribution in [0.3, 0.4) is 0 Å². The van der Waals surface area contributed by atoms with E-state index in [-0.39, 0.29) is 0 Å². The maximum atomic E-state index is 6.22. The van der Waals surface area contributed by atoms with Crippen LogP contribution in [-0.4, -0.2) is 31.3 Å². The third-order valence-electron chi connectivity index (χ3n) is 4.43. The van der Waals surface area contributed by atoms with E-state index in [9.17, 15) is 0 Å². The highest BCUT2D eigenvalue weighted by molar-refractivity contribution is 6.30. The van der Waals surface area contributed by atoms with Crippen LogP contribution in [0, 0.1) is 5.92 Å². The summed E-state index contributed by atoms with van der Waals surface area (Å²) in [7, 11) is 0. The molecule has 0 bridgehead atoms. The Labute approximate surface area is 131 Å². The van der Waals surface area contributed by atoms with E-state index >= 15 is 0 Å². The average Bonchev–Trinajstić information content (AvgIpc) is 2.49. The molecule has 0 saturated carbocycles. The number of ether oxygens (including phenoxy) is 2. The zero-order valence-electron chi connectivity index (χ0n) is 12.3. The summed E-state index contributed by atoms with van der Waals surface area (Å²) in [4.78, 5) is 2.48. The van der Waals surface area contributed by atoms with Crippen molar-refractivity contribution in [1.82, 2.24) is 4.90 Å². The fourth-order valence-electron chi connectivity index (χ4n) is 3.28. The van der Waals surface area contributed by atoms with Gasteiger partial charge in [-0.1, -0.05) is 11.6 Å². The van der Waals surface area contributed by atoms with Crippen molar-refractivity contribution < 1.29 is 9.47 Å². The fourth-order valence-corrected chi connectivity index (χ4v) is 3.55. The molecule has 0 aliphatic carbocycles. The molecule has 4 nitrogen and oxygen atoms in total. The molecule has 1 fully saturated rings. The second-order valence-corrected chi connectivity index (χ2v) is 6.40. The first-order chi connectivity index (χ1) is 10.3. The molecular weight excluding hydrogens is 288 g/mol. The number of hydrogen-bond donors (Lipinski definition) is 1. The number of halogens is 1. The van der Waals surface area contributed by atoms with Crippen LogP contribution in [-0.2, 0) is 17.9 Å². The molecule has 2 aliphatic rings. The second-order valence-electron chi connectivity index (χ2n) is 5.96. The Kier molecular flexibility index (Phi) is 5.01. The van der Waals surface area contributed by atoms with Gasteiger partial charge >= 0.3 is 0 Å². The number of rotatable bonds is 4. The quantitative estimate of drug-likeness (QED) is 0.929. The lowest BCUT2D eigenvalue weighted by molar-refractivity contribution is -0.0175. The summed E-state index contributed by atoms with van der Waals surface area (Å²) >= 11 is 6.22. The van der Waals surface area contributed by atoms with Gasteiger partial charge in [0.2, 0.25) is 0 Å². The minimum Gasteiger partial charge on any atom is -0.467 e. The van der Waals surface area contributed by atoms with E-state index in [0.29, 0.717) is 13.4 Å². The zero-order chi connectivity index (χ0) is 14.7. The first kappa shape index (κ1) is 15.1. The first-order valence-corrected chi connectivity index (χ1v) is 8.08. The Morgan fingerprint density at radius 2 is 2.10 bits per heavy atom. The molecule has 3 rings (SSSR count). The minimum atomic E-state index is 0.334. The normalized spacial score (nSPS) is 20.1. The van der Waals surface area contributed by atoms with Gasteiger partial charge in [-0.15, -0.1) is 0 Å². The third-order valence-corrected chi connectivity index (χ3v) is 4.65. The van der Waals surface area contributed by atoms with Gasteiger partial charge in [-0.3, -0.25) is 4.90 Å². The van der Waals surface area contributed by atoms with Gasteiger partial charge < -0.3 is 15.2 Å². The molecule has 5 heteroatoms. The average molecular weight is 311 g/mol. The topological polar surface area (TPSA) is 47.7 Å². The number of piperidine rings is 1. The van der Waals surface area contributed by atoms with Crippen molar-refractivity contribution in [2.75, 3.05) is 26.4 Å². The van der Waals surface area contributed by atoms with Crippen molar-refractivity contribution in [3.8, 4) is 5.75 Å². The van der Waals surface area contributed by atoms with Crippen LogP contribution in [0.2, 0.25) is 5.02 Å². The van der Waals surface area contributed by atoms with E-state index in [2.05, 4.69) is 4.90 Å². The molecule has 0 aromatic heterocycles. The highest BCUT2D eigenvalue weighted by atomic mass is 35.5. The highest BCUT2D eigenvalue weighted by Crippen LogP contribution is 2.33. The van der Waals surface area contributed by atoms with E-state index in [1.54, 1.807) is 0 Å². The molecule has 0 atom stereocenters. The Morgan fingerprint density at radius 1 is 1.29 bits per heavy atom. The van der Waals surface area contributed by atoms with Gasteiger partial charge in [0.25, 0.3) is 0 Å². The fraction of sp³-hybridized carbons (Fsp3) is 0.625. The van der Waals surface area contributed by atoms with Crippen LogP contribution in [0.15, 0.2) is 12.1 Å². The molecule has 0 spiro atoms. The molecule has 1 aromatic rings. The largest absolute Gasteiger partial charge is 0.467 e. The standard InChI is InChI=1S/C16H23ClN2O2/c17-15-7-13(16-14(8-15)10-20-11-21-16)9-19-5-2-12(1-4-18)3-6-19/h7-8,12H,1-6,9-11,18H2. The Morgan fingerprint density at radius 3 is 2.86 bits per heavy atom.